The first-order valence-corrected chi connectivity index (χ1v) is 13.0. The molecular weight excluding hydrogens is 879 g/mol. The van der Waals surface area contributed by atoms with Crippen LogP contribution in [0.4, 0.5) is 0 Å². The molecule has 0 aliphatic rings. The number of aromatic nitrogens is 3. The van der Waals surface area contributed by atoms with Gasteiger partial charge in [0.1, 0.15) is 0 Å². The average molecular weight is 910 g/mol. The molecule has 0 N–H and O–H groups in total. The number of nitrogens with zero attached hydrogens (tertiary/aromatic N) is 3. The van der Waals surface area contributed by atoms with E-state index in [0.717, 1.165) is 50.6 Å². The Morgan fingerprint density at radius 3 is 1.78 bits per heavy atom. The van der Waals surface area contributed by atoms with Gasteiger partial charge in [0.15, 0.2) is 0 Å². The molecule has 5 radical (unpaired) electrons. The van der Waals surface area contributed by atoms with Gasteiger partial charge in [-0.2, -0.15) is 24.3 Å². The van der Waals surface area contributed by atoms with Crippen molar-refractivity contribution in [1.29, 1.82) is 0 Å². The van der Waals surface area contributed by atoms with E-state index in [1.807, 2.05) is 103 Å². The molecule has 219 valence electrons. The maximum Gasteiger partial charge on any atom is 3.00 e. The predicted molar refractivity (Wildman–Crippen MR) is 172 cm³/mol. The van der Waals surface area contributed by atoms with Gasteiger partial charge in [0.2, 0.25) is 0 Å². The van der Waals surface area contributed by atoms with E-state index in [2.05, 4.69) is 72.1 Å². The normalized spacial score (nSPS) is 9.67. The monoisotopic (exact) mass is 910 g/mol. The van der Waals surface area contributed by atoms with Gasteiger partial charge in [-0.15, -0.1) is 48.0 Å². The van der Waals surface area contributed by atoms with E-state index in [4.69, 9.17) is 0 Å². The predicted octanol–water partition coefficient (Wildman–Crippen LogP) is 8.39. The first kappa shape index (κ1) is 43.0. The number of pyridine rings is 1. The third-order valence-electron chi connectivity index (χ3n) is 6.07. The number of hydrogen-bond donors (Lipinski definition) is 0. The molecule has 0 saturated carbocycles. The molecule has 7 heteroatoms. The largest absolute Gasteiger partial charge is 3.00 e. The van der Waals surface area contributed by atoms with Crippen molar-refractivity contribution < 1.29 is 85.5 Å². The van der Waals surface area contributed by atoms with Crippen LogP contribution in [-0.2, 0) is 90.9 Å². The number of benzene rings is 4. The molecule has 0 unspecified atom stereocenters. The molecule has 0 atom stereocenters. The molecule has 45 heavy (non-hydrogen) atoms. The van der Waals surface area contributed by atoms with Crippen LogP contribution in [0, 0.1) is 43.8 Å². The summed E-state index contributed by atoms with van der Waals surface area (Å²) >= 11 is 0. The van der Waals surface area contributed by atoms with Gasteiger partial charge >= 0.3 is 32.7 Å². The van der Waals surface area contributed by atoms with Crippen LogP contribution < -0.4 is 0 Å². The van der Waals surface area contributed by atoms with Crippen molar-refractivity contribution in [3.63, 3.8) is 0 Å². The van der Waals surface area contributed by atoms with Crippen LogP contribution in [0.25, 0.3) is 44.9 Å². The summed E-state index contributed by atoms with van der Waals surface area (Å²) in [6, 6.07) is 50.6. The first-order valence-electron chi connectivity index (χ1n) is 13.0. The molecule has 6 rings (SSSR count). The molecule has 2 heterocycles. The minimum absolute atomic E-state index is 0. The van der Waals surface area contributed by atoms with E-state index >= 15 is 0 Å². The summed E-state index contributed by atoms with van der Waals surface area (Å²) in [6.07, 6.45) is 3.58. The molecule has 0 fully saturated rings. The van der Waals surface area contributed by atoms with Crippen LogP contribution in [0.2, 0.25) is 0 Å². The Balaban J connectivity index is 0.000000824. The van der Waals surface area contributed by atoms with E-state index in [9.17, 15) is 0 Å². The van der Waals surface area contributed by atoms with Crippen LogP contribution in [0.1, 0.15) is 26.5 Å². The molecule has 0 saturated heterocycles. The van der Waals surface area contributed by atoms with Crippen molar-refractivity contribution >= 4 is 8.41 Å². The van der Waals surface area contributed by atoms with Gasteiger partial charge in [0.25, 0.3) is 0 Å². The Hall–Kier alpha value is -1.97. The van der Waals surface area contributed by atoms with Crippen LogP contribution in [0.3, 0.4) is 0 Å². The number of rotatable bonds is 4. The first-order chi connectivity index (χ1) is 19.5. The van der Waals surface area contributed by atoms with Gasteiger partial charge in [-0.1, -0.05) is 32.5 Å². The average Bonchev–Trinajstić information content (AvgIpc) is 3.02. The topological polar surface area (TPSA) is 38.7 Å². The summed E-state index contributed by atoms with van der Waals surface area (Å²) in [7, 11) is 0. The van der Waals surface area contributed by atoms with Crippen LogP contribution in [-0.4, -0.2) is 23.4 Å². The molecule has 0 spiro atoms. The molecule has 0 aliphatic heterocycles. The zero-order valence-electron chi connectivity index (χ0n) is 25.8. The summed E-state index contributed by atoms with van der Waals surface area (Å²) < 4.78 is 0. The van der Waals surface area contributed by atoms with Crippen molar-refractivity contribution in [3.05, 3.63) is 159 Å². The second kappa shape index (κ2) is 21.0. The van der Waals surface area contributed by atoms with Crippen molar-refractivity contribution in [1.82, 2.24) is 15.0 Å². The van der Waals surface area contributed by atoms with Crippen molar-refractivity contribution in [3.8, 4) is 44.9 Å². The van der Waals surface area contributed by atoms with E-state index in [1.54, 1.807) is 6.20 Å². The molecular formula is C38H30BIrN3Y2-4. The minimum atomic E-state index is 0. The molecule has 0 bridgehead atoms. The smallest absolute Gasteiger partial charge is 0.358 e. The maximum atomic E-state index is 4.57. The summed E-state index contributed by atoms with van der Waals surface area (Å²) in [5.41, 5.74) is 7.64. The Bertz CT molecular complexity index is 1660. The fourth-order valence-corrected chi connectivity index (χ4v) is 3.92. The fourth-order valence-electron chi connectivity index (χ4n) is 3.92. The quantitative estimate of drug-likeness (QED) is 0.132. The molecule has 4 aromatic carbocycles. The SMILES string of the molecule is CC(C)(C)c1ccnc(-c2[c-]cccc2)n1.[B].[CH3-].[Ir].[Y+3].[Y].[c-]1ccc(-c2[c-]cc(-c3[c-]cccc3)[c-]c2)[c-]c1-c1ccccn1. The van der Waals surface area contributed by atoms with Crippen molar-refractivity contribution in [2.24, 2.45) is 0 Å². The van der Waals surface area contributed by atoms with E-state index in [0.29, 0.717) is 0 Å². The standard InChI is InChI=1S/C23H12N.C14H15N2.CH3.B.Ir.2Y/c1-2-7-18(8-3-1)19-12-14-20(15-13-19)21-9-6-10-22(17-21)23-11-4-5-16-24-23;1-14(2,3)12-9-10-15-13(16-12)11-7-5-4-6-8-11;;;;;/h1-7,9,11-12,15-16H;4-7,9-10H,1-3H3;1H3;;;;/q-5;2*-1;;;;+3. The van der Waals surface area contributed by atoms with Gasteiger partial charge < -0.3 is 24.0 Å². The van der Waals surface area contributed by atoms with Gasteiger partial charge in [-0.3, -0.25) is 33.2 Å². The van der Waals surface area contributed by atoms with E-state index < -0.39 is 0 Å². The van der Waals surface area contributed by atoms with Gasteiger partial charge in [-0.05, 0) is 12.1 Å². The van der Waals surface area contributed by atoms with Gasteiger partial charge in [0, 0.05) is 84.7 Å². The van der Waals surface area contributed by atoms with Gasteiger partial charge in [-0.25, -0.2) is 41.5 Å². The third-order valence-corrected chi connectivity index (χ3v) is 6.07. The Labute approximate surface area is 335 Å². The summed E-state index contributed by atoms with van der Waals surface area (Å²) in [5, 5.41) is 0. The summed E-state index contributed by atoms with van der Waals surface area (Å²) in [5.74, 6) is 0.744. The fraction of sp³-hybridized carbons (Fsp3) is 0.105. The van der Waals surface area contributed by atoms with Crippen molar-refractivity contribution in [2.45, 2.75) is 26.2 Å². The van der Waals surface area contributed by atoms with Crippen LogP contribution in [0.5, 0.6) is 0 Å². The molecule has 0 amide bonds. The maximum absolute atomic E-state index is 4.57. The zero-order chi connectivity index (χ0) is 27.8. The Morgan fingerprint density at radius 2 is 1.22 bits per heavy atom. The minimum Gasteiger partial charge on any atom is -0.358 e. The van der Waals surface area contributed by atoms with Crippen LogP contribution in [0.15, 0.2) is 109 Å². The summed E-state index contributed by atoms with van der Waals surface area (Å²) in [4.78, 5) is 13.2. The molecule has 0 aliphatic carbocycles. The molecule has 2 aromatic heterocycles. The molecule has 6 aromatic rings. The Kier molecular flexibility index (Phi) is 20.1. The number of hydrogen-bond acceptors (Lipinski definition) is 3. The Morgan fingerprint density at radius 1 is 0.600 bits per heavy atom. The summed E-state index contributed by atoms with van der Waals surface area (Å²) in [6.45, 7) is 6.44. The van der Waals surface area contributed by atoms with Crippen molar-refractivity contribution in [2.75, 3.05) is 0 Å². The zero-order valence-corrected chi connectivity index (χ0v) is 33.9. The third kappa shape index (κ3) is 12.3. The second-order valence-electron chi connectivity index (χ2n) is 10.1. The van der Waals surface area contributed by atoms with Gasteiger partial charge in [0.05, 0.1) is 5.82 Å². The molecule has 3 nitrogen and oxygen atoms in total. The van der Waals surface area contributed by atoms with E-state index in [1.165, 1.54) is 0 Å². The van der Waals surface area contributed by atoms with E-state index in [-0.39, 0.29) is 107 Å². The van der Waals surface area contributed by atoms with Crippen LogP contribution >= 0.6 is 0 Å². The second-order valence-corrected chi connectivity index (χ2v) is 10.1.